The van der Waals surface area contributed by atoms with Crippen LogP contribution in [0.3, 0.4) is 0 Å². The average Bonchev–Trinajstić information content (AvgIpc) is 3.49. The molecule has 222 valence electrons. The van der Waals surface area contributed by atoms with Crippen LogP contribution in [-0.2, 0) is 29.3 Å². The molecule has 11 heteroatoms. The van der Waals surface area contributed by atoms with Crippen LogP contribution in [0.15, 0.2) is 88.0 Å². The predicted octanol–water partition coefficient (Wildman–Crippen LogP) is 6.48. The molecule has 0 saturated heterocycles. The fourth-order valence-corrected chi connectivity index (χ4v) is 5.27. The monoisotopic (exact) mass is 665 g/mol. The molecule has 1 heterocycles. The number of hydrogen-bond donors (Lipinski definition) is 2. The number of aliphatic hydroxyl groups excluding tert-OH is 1. The summed E-state index contributed by atoms with van der Waals surface area (Å²) >= 11 is 10.4. The molecule has 4 aromatic carbocycles. The van der Waals surface area contributed by atoms with Gasteiger partial charge in [0.25, 0.3) is 0 Å². The largest absolute Gasteiger partial charge is 0.488 e. The Balaban J connectivity index is 1.38. The first kappa shape index (κ1) is 30.5. The summed E-state index contributed by atoms with van der Waals surface area (Å²) in [6.07, 6.45) is 0. The Morgan fingerprint density at radius 3 is 2.53 bits per heavy atom. The van der Waals surface area contributed by atoms with E-state index in [-0.39, 0.29) is 26.4 Å². The van der Waals surface area contributed by atoms with Gasteiger partial charge < -0.3 is 19.3 Å². The number of carbonyl (C=O) groups excluding carboxylic acids is 1. The maximum absolute atomic E-state index is 12.2. The molecule has 0 bridgehead atoms. The standard InChI is InChI=1S/C32H29BrClN3O6/c1-2-40-32(39)28(17-38)35-16-23-14-25(34)30(15-29(23)41-18-20-11-12-26-27(13-20)37-43-36-26)42-19-22-9-6-10-24(31(22)33)21-7-4-3-5-8-21/h3-15,28,35,38H,2,16-19H2,1H3. The van der Waals surface area contributed by atoms with Crippen LogP contribution in [0.4, 0.5) is 0 Å². The zero-order chi connectivity index (χ0) is 30.2. The SMILES string of the molecule is CCOC(=O)C(CO)NCc1cc(Cl)c(OCc2cccc(-c3ccccc3)c2Br)cc1OCc1ccc2nonc2c1. The number of rotatable bonds is 13. The lowest BCUT2D eigenvalue weighted by Crippen LogP contribution is -2.40. The molecule has 5 aromatic rings. The molecule has 9 nitrogen and oxygen atoms in total. The van der Waals surface area contributed by atoms with Gasteiger partial charge >= 0.3 is 5.97 Å². The zero-order valence-electron chi connectivity index (χ0n) is 23.3. The highest BCUT2D eigenvalue weighted by Crippen LogP contribution is 2.36. The first-order chi connectivity index (χ1) is 21.0. The lowest BCUT2D eigenvalue weighted by molar-refractivity contribution is -0.146. The quantitative estimate of drug-likeness (QED) is 0.136. The summed E-state index contributed by atoms with van der Waals surface area (Å²) in [6.45, 7) is 2.13. The molecule has 0 aliphatic heterocycles. The number of ether oxygens (including phenoxy) is 3. The average molecular weight is 667 g/mol. The Labute approximate surface area is 261 Å². The fraction of sp³-hybridized carbons (Fsp3) is 0.219. The number of aromatic nitrogens is 2. The second-order valence-electron chi connectivity index (χ2n) is 9.57. The van der Waals surface area contributed by atoms with E-state index in [2.05, 4.69) is 43.7 Å². The second kappa shape index (κ2) is 14.5. The van der Waals surface area contributed by atoms with Crippen molar-refractivity contribution in [1.29, 1.82) is 0 Å². The van der Waals surface area contributed by atoms with Crippen LogP contribution < -0.4 is 14.8 Å². The van der Waals surface area contributed by atoms with E-state index in [1.54, 1.807) is 25.1 Å². The molecule has 5 rings (SSSR count). The molecule has 0 aliphatic rings. The van der Waals surface area contributed by atoms with Gasteiger partial charge in [-0.2, -0.15) is 0 Å². The minimum atomic E-state index is -0.904. The predicted molar refractivity (Wildman–Crippen MR) is 166 cm³/mol. The molecule has 0 spiro atoms. The Morgan fingerprint density at radius 2 is 1.74 bits per heavy atom. The third-order valence-corrected chi connectivity index (χ3v) is 7.90. The molecular formula is C32H29BrClN3O6. The number of hydrogen-bond acceptors (Lipinski definition) is 9. The van der Waals surface area contributed by atoms with Gasteiger partial charge in [0.05, 0.1) is 18.2 Å². The Morgan fingerprint density at radius 1 is 0.953 bits per heavy atom. The van der Waals surface area contributed by atoms with Crippen LogP contribution >= 0.6 is 27.5 Å². The third-order valence-electron chi connectivity index (χ3n) is 6.67. The lowest BCUT2D eigenvalue weighted by Gasteiger charge is -2.19. The van der Waals surface area contributed by atoms with E-state index >= 15 is 0 Å². The van der Waals surface area contributed by atoms with Crippen molar-refractivity contribution in [1.82, 2.24) is 15.6 Å². The molecule has 0 amide bonds. The number of nitrogens with zero attached hydrogens (tertiary/aromatic N) is 2. The summed E-state index contributed by atoms with van der Waals surface area (Å²) in [5.41, 5.74) is 5.86. The summed E-state index contributed by atoms with van der Waals surface area (Å²) in [5.74, 6) is 0.372. The van der Waals surface area contributed by atoms with Crippen molar-refractivity contribution >= 4 is 44.5 Å². The summed E-state index contributed by atoms with van der Waals surface area (Å²) in [6, 6.07) is 24.2. The van der Waals surface area contributed by atoms with E-state index in [9.17, 15) is 9.90 Å². The van der Waals surface area contributed by atoms with E-state index < -0.39 is 18.6 Å². The zero-order valence-corrected chi connectivity index (χ0v) is 25.6. The summed E-state index contributed by atoms with van der Waals surface area (Å²) < 4.78 is 23.2. The van der Waals surface area contributed by atoms with Gasteiger partial charge in [-0.1, -0.05) is 66.2 Å². The summed E-state index contributed by atoms with van der Waals surface area (Å²) in [4.78, 5) is 12.2. The lowest BCUT2D eigenvalue weighted by atomic mass is 10.0. The molecular weight excluding hydrogens is 638 g/mol. The van der Waals surface area contributed by atoms with E-state index in [4.69, 9.17) is 30.4 Å². The van der Waals surface area contributed by atoms with Crippen LogP contribution in [0, 0.1) is 0 Å². The Bertz CT molecular complexity index is 1700. The molecule has 1 aromatic heterocycles. The molecule has 43 heavy (non-hydrogen) atoms. The fourth-order valence-electron chi connectivity index (χ4n) is 4.42. The normalized spacial score (nSPS) is 11.8. The van der Waals surface area contributed by atoms with E-state index in [1.807, 2.05) is 48.5 Å². The molecule has 0 fully saturated rings. The van der Waals surface area contributed by atoms with Crippen LogP contribution in [0.5, 0.6) is 11.5 Å². The van der Waals surface area contributed by atoms with Crippen molar-refractivity contribution in [3.8, 4) is 22.6 Å². The smallest absolute Gasteiger partial charge is 0.325 e. The number of aliphatic hydroxyl groups is 1. The number of esters is 1. The maximum atomic E-state index is 12.2. The van der Waals surface area contributed by atoms with E-state index in [1.165, 1.54) is 0 Å². The minimum absolute atomic E-state index is 0.177. The van der Waals surface area contributed by atoms with Gasteiger partial charge in [0.1, 0.15) is 41.8 Å². The molecule has 0 radical (unpaired) electrons. The summed E-state index contributed by atoms with van der Waals surface area (Å²) in [7, 11) is 0. The van der Waals surface area contributed by atoms with Gasteiger partial charge in [0.2, 0.25) is 0 Å². The van der Waals surface area contributed by atoms with Crippen molar-refractivity contribution in [2.45, 2.75) is 32.7 Å². The Hall–Kier alpha value is -3.96. The number of carbonyl (C=O) groups is 1. The highest BCUT2D eigenvalue weighted by Gasteiger charge is 2.20. The van der Waals surface area contributed by atoms with Gasteiger partial charge in [-0.25, -0.2) is 4.63 Å². The molecule has 0 saturated carbocycles. The van der Waals surface area contributed by atoms with Gasteiger partial charge in [0.15, 0.2) is 0 Å². The third kappa shape index (κ3) is 7.52. The maximum Gasteiger partial charge on any atom is 0.325 e. The van der Waals surface area contributed by atoms with E-state index in [0.717, 1.165) is 26.7 Å². The number of nitrogens with one attached hydrogen (secondary N) is 1. The van der Waals surface area contributed by atoms with Crippen LogP contribution in [0.25, 0.3) is 22.2 Å². The van der Waals surface area contributed by atoms with Crippen molar-refractivity contribution in [2.24, 2.45) is 0 Å². The second-order valence-corrected chi connectivity index (χ2v) is 10.8. The Kier molecular flexibility index (Phi) is 10.3. The van der Waals surface area contributed by atoms with Crippen molar-refractivity contribution in [3.63, 3.8) is 0 Å². The minimum Gasteiger partial charge on any atom is -0.488 e. The molecule has 0 aliphatic carbocycles. The van der Waals surface area contributed by atoms with Crippen molar-refractivity contribution < 1.29 is 28.7 Å². The first-order valence-corrected chi connectivity index (χ1v) is 14.8. The molecule has 2 N–H and O–H groups in total. The first-order valence-electron chi connectivity index (χ1n) is 13.6. The van der Waals surface area contributed by atoms with Gasteiger partial charge in [-0.15, -0.1) is 0 Å². The number of benzene rings is 4. The number of halogens is 2. The van der Waals surface area contributed by atoms with Crippen LogP contribution in [-0.4, -0.2) is 40.6 Å². The van der Waals surface area contributed by atoms with Crippen molar-refractivity contribution in [2.75, 3.05) is 13.2 Å². The van der Waals surface area contributed by atoms with E-state index in [0.29, 0.717) is 33.1 Å². The van der Waals surface area contributed by atoms with Crippen LogP contribution in [0.2, 0.25) is 5.02 Å². The van der Waals surface area contributed by atoms with Crippen LogP contribution in [0.1, 0.15) is 23.6 Å². The van der Waals surface area contributed by atoms with Gasteiger partial charge in [-0.05, 0) is 68.1 Å². The van der Waals surface area contributed by atoms with Gasteiger partial charge in [-0.3, -0.25) is 10.1 Å². The highest BCUT2D eigenvalue weighted by atomic mass is 79.9. The van der Waals surface area contributed by atoms with Gasteiger partial charge in [0, 0.05) is 28.2 Å². The molecule has 1 unspecified atom stereocenters. The number of fused-ring (bicyclic) bond motifs is 1. The van der Waals surface area contributed by atoms with Crippen molar-refractivity contribution in [3.05, 3.63) is 105 Å². The molecule has 1 atom stereocenters. The highest BCUT2D eigenvalue weighted by molar-refractivity contribution is 9.10. The topological polar surface area (TPSA) is 116 Å². The summed E-state index contributed by atoms with van der Waals surface area (Å²) in [5, 5.41) is 20.8.